The van der Waals surface area contributed by atoms with Crippen molar-refractivity contribution in [1.82, 2.24) is 10.6 Å². The van der Waals surface area contributed by atoms with Crippen LogP contribution in [0.3, 0.4) is 0 Å². The molecule has 0 aliphatic carbocycles. The molecule has 0 radical (unpaired) electrons. The molecule has 2 rings (SSSR count). The van der Waals surface area contributed by atoms with Gasteiger partial charge in [-0.1, -0.05) is 0 Å². The van der Waals surface area contributed by atoms with E-state index in [1.54, 1.807) is 25.3 Å². The van der Waals surface area contributed by atoms with Crippen molar-refractivity contribution in [2.45, 2.75) is 31.8 Å². The van der Waals surface area contributed by atoms with Crippen molar-refractivity contribution < 1.29 is 23.8 Å². The predicted molar refractivity (Wildman–Crippen MR) is 93.9 cm³/mol. The van der Waals surface area contributed by atoms with Crippen LogP contribution in [0, 0.1) is 0 Å². The minimum absolute atomic E-state index is 0.0467. The molecule has 1 saturated heterocycles. The lowest BCUT2D eigenvalue weighted by Gasteiger charge is -2.27. The molecule has 1 aliphatic heterocycles. The molecule has 1 aromatic carbocycles. The molecule has 7 heteroatoms. The Bertz CT molecular complexity index is 672. The van der Waals surface area contributed by atoms with Gasteiger partial charge in [0.15, 0.2) is 11.5 Å². The Labute approximate surface area is 147 Å². The van der Waals surface area contributed by atoms with Gasteiger partial charge >= 0.3 is 0 Å². The summed E-state index contributed by atoms with van der Waals surface area (Å²) in [4.78, 5) is 23.7. The highest BCUT2D eigenvalue weighted by Crippen LogP contribution is 2.40. The highest BCUT2D eigenvalue weighted by molar-refractivity contribution is 5.93. The number of piperidine rings is 1. The zero-order chi connectivity index (χ0) is 18.4. The van der Waals surface area contributed by atoms with Crippen LogP contribution in [0.1, 0.15) is 25.3 Å². The molecule has 1 aromatic rings. The number of carbonyl (C=O) groups excluding carboxylic acids is 2. The zero-order valence-corrected chi connectivity index (χ0v) is 14.9. The standard InChI is InChI=1S/C18H24N2O5/c1-11-9-13(10-16(22)19-11)20-15(21)8-6-12-5-7-14(23-2)18(25-4)17(12)24-3/h5-8,11,13H,9-10H2,1-4H3,(H,19,22)(H,20,21). The molecule has 0 spiro atoms. The molecule has 25 heavy (non-hydrogen) atoms. The number of benzene rings is 1. The summed E-state index contributed by atoms with van der Waals surface area (Å²) in [7, 11) is 4.59. The summed E-state index contributed by atoms with van der Waals surface area (Å²) in [6.07, 6.45) is 4.07. The highest BCUT2D eigenvalue weighted by Gasteiger charge is 2.24. The van der Waals surface area contributed by atoms with Crippen molar-refractivity contribution in [2.24, 2.45) is 0 Å². The van der Waals surface area contributed by atoms with Gasteiger partial charge in [0.05, 0.1) is 21.3 Å². The number of hydrogen-bond donors (Lipinski definition) is 2. The third-order valence-corrected chi connectivity index (χ3v) is 3.97. The number of amides is 2. The fraction of sp³-hybridized carbons (Fsp3) is 0.444. The summed E-state index contributed by atoms with van der Waals surface area (Å²) >= 11 is 0. The summed E-state index contributed by atoms with van der Waals surface area (Å²) in [5.74, 6) is 1.18. The van der Waals surface area contributed by atoms with E-state index in [4.69, 9.17) is 14.2 Å². The molecular formula is C18H24N2O5. The number of rotatable bonds is 6. The first-order chi connectivity index (χ1) is 12.0. The van der Waals surface area contributed by atoms with Gasteiger partial charge in [-0.25, -0.2) is 0 Å². The van der Waals surface area contributed by atoms with E-state index < -0.39 is 0 Å². The molecule has 2 atom stereocenters. The van der Waals surface area contributed by atoms with Crippen molar-refractivity contribution in [1.29, 1.82) is 0 Å². The summed E-state index contributed by atoms with van der Waals surface area (Å²) in [5.41, 5.74) is 0.685. The normalized spacial score (nSPS) is 20.1. The molecule has 0 saturated carbocycles. The average molecular weight is 348 g/mol. The lowest BCUT2D eigenvalue weighted by Crippen LogP contribution is -2.49. The van der Waals surface area contributed by atoms with Gasteiger partial charge in [0.2, 0.25) is 17.6 Å². The van der Waals surface area contributed by atoms with Gasteiger partial charge in [0.25, 0.3) is 0 Å². The van der Waals surface area contributed by atoms with Crippen molar-refractivity contribution >= 4 is 17.9 Å². The number of carbonyl (C=O) groups is 2. The Hall–Kier alpha value is -2.70. The topological polar surface area (TPSA) is 85.9 Å². The third kappa shape index (κ3) is 4.65. The molecule has 7 nitrogen and oxygen atoms in total. The molecule has 1 heterocycles. The SMILES string of the molecule is COc1ccc(C=CC(=O)NC2CC(=O)NC(C)C2)c(OC)c1OC. The lowest BCUT2D eigenvalue weighted by molar-refractivity contribution is -0.124. The van der Waals surface area contributed by atoms with Gasteiger partial charge in [0, 0.05) is 30.1 Å². The van der Waals surface area contributed by atoms with Crippen LogP contribution in [0.2, 0.25) is 0 Å². The van der Waals surface area contributed by atoms with Gasteiger partial charge in [-0.3, -0.25) is 9.59 Å². The number of hydrogen-bond acceptors (Lipinski definition) is 5. The first-order valence-electron chi connectivity index (χ1n) is 8.05. The monoisotopic (exact) mass is 348 g/mol. The van der Waals surface area contributed by atoms with Crippen molar-refractivity contribution in [2.75, 3.05) is 21.3 Å². The first-order valence-corrected chi connectivity index (χ1v) is 8.05. The maximum atomic E-state index is 12.1. The molecule has 2 unspecified atom stereocenters. The Kier molecular flexibility index (Phi) is 6.27. The quantitative estimate of drug-likeness (QED) is 0.761. The maximum absolute atomic E-state index is 12.1. The second-order valence-corrected chi connectivity index (χ2v) is 5.87. The van der Waals surface area contributed by atoms with Crippen LogP contribution < -0.4 is 24.8 Å². The van der Waals surface area contributed by atoms with Gasteiger partial charge in [-0.15, -0.1) is 0 Å². The molecule has 1 aliphatic rings. The van der Waals surface area contributed by atoms with E-state index in [1.165, 1.54) is 20.3 Å². The van der Waals surface area contributed by atoms with Crippen LogP contribution in [0.15, 0.2) is 18.2 Å². The van der Waals surface area contributed by atoms with Crippen molar-refractivity contribution in [3.05, 3.63) is 23.8 Å². The molecule has 2 amide bonds. The molecular weight excluding hydrogens is 324 g/mol. The van der Waals surface area contributed by atoms with Crippen LogP contribution in [0.25, 0.3) is 6.08 Å². The van der Waals surface area contributed by atoms with Crippen LogP contribution in [-0.2, 0) is 9.59 Å². The van der Waals surface area contributed by atoms with Crippen LogP contribution >= 0.6 is 0 Å². The molecule has 136 valence electrons. The van der Waals surface area contributed by atoms with E-state index in [9.17, 15) is 9.59 Å². The summed E-state index contributed by atoms with van der Waals surface area (Å²) in [5, 5.41) is 5.68. The van der Waals surface area contributed by atoms with E-state index in [1.807, 2.05) is 6.92 Å². The Morgan fingerprint density at radius 3 is 2.52 bits per heavy atom. The summed E-state index contributed by atoms with van der Waals surface area (Å²) in [6.45, 7) is 1.92. The Morgan fingerprint density at radius 1 is 1.20 bits per heavy atom. The van der Waals surface area contributed by atoms with Gasteiger partial charge in [-0.2, -0.15) is 0 Å². The van der Waals surface area contributed by atoms with E-state index in [-0.39, 0.29) is 23.9 Å². The van der Waals surface area contributed by atoms with E-state index in [0.29, 0.717) is 35.7 Å². The van der Waals surface area contributed by atoms with Crippen molar-refractivity contribution in [3.8, 4) is 17.2 Å². The average Bonchev–Trinajstić information content (AvgIpc) is 2.57. The fourth-order valence-corrected chi connectivity index (χ4v) is 2.91. The molecule has 0 aromatic heterocycles. The highest BCUT2D eigenvalue weighted by atomic mass is 16.5. The largest absolute Gasteiger partial charge is 0.493 e. The number of nitrogens with one attached hydrogen (secondary N) is 2. The Balaban J connectivity index is 2.10. The number of ether oxygens (including phenoxy) is 3. The van der Waals surface area contributed by atoms with E-state index in [0.717, 1.165) is 0 Å². The molecule has 0 bridgehead atoms. The van der Waals surface area contributed by atoms with Crippen LogP contribution in [0.5, 0.6) is 17.2 Å². The van der Waals surface area contributed by atoms with Gasteiger partial charge in [0.1, 0.15) is 0 Å². The predicted octanol–water partition coefficient (Wildman–Crippen LogP) is 1.51. The van der Waals surface area contributed by atoms with E-state index in [2.05, 4.69) is 10.6 Å². The minimum atomic E-state index is -0.260. The summed E-state index contributed by atoms with van der Waals surface area (Å²) < 4.78 is 15.9. The van der Waals surface area contributed by atoms with E-state index >= 15 is 0 Å². The minimum Gasteiger partial charge on any atom is -0.493 e. The van der Waals surface area contributed by atoms with Crippen LogP contribution in [-0.4, -0.2) is 45.2 Å². The molecule has 1 fully saturated rings. The maximum Gasteiger partial charge on any atom is 0.244 e. The first kappa shape index (κ1) is 18.6. The lowest BCUT2D eigenvalue weighted by atomic mass is 10.00. The number of methoxy groups -OCH3 is 3. The van der Waals surface area contributed by atoms with Gasteiger partial charge in [-0.05, 0) is 31.6 Å². The fourth-order valence-electron chi connectivity index (χ4n) is 2.91. The molecule has 2 N–H and O–H groups in total. The summed E-state index contributed by atoms with van der Waals surface area (Å²) in [6, 6.07) is 3.42. The second-order valence-electron chi connectivity index (χ2n) is 5.87. The third-order valence-electron chi connectivity index (χ3n) is 3.97. The Morgan fingerprint density at radius 2 is 1.92 bits per heavy atom. The van der Waals surface area contributed by atoms with Crippen LogP contribution in [0.4, 0.5) is 0 Å². The van der Waals surface area contributed by atoms with Crippen molar-refractivity contribution in [3.63, 3.8) is 0 Å². The smallest absolute Gasteiger partial charge is 0.244 e. The second kappa shape index (κ2) is 8.41. The van der Waals surface area contributed by atoms with Gasteiger partial charge < -0.3 is 24.8 Å². The zero-order valence-electron chi connectivity index (χ0n) is 14.9.